The molecule has 1 aliphatic heterocycles. The first kappa shape index (κ1) is 20.9. The third-order valence-electron chi connectivity index (χ3n) is 5.08. The van der Waals surface area contributed by atoms with Crippen molar-refractivity contribution < 1.29 is 9.18 Å². The number of thiazole rings is 1. The van der Waals surface area contributed by atoms with Gasteiger partial charge >= 0.3 is 186 Å². The number of carbonyl (C=O) groups is 1. The molecule has 1 aliphatic rings. The van der Waals surface area contributed by atoms with Crippen LogP contribution in [0.15, 0.2) is 48.8 Å². The Bertz CT molecular complexity index is 1260. The Morgan fingerprint density at radius 3 is 2.56 bits per heavy atom. The number of pyridine rings is 1. The number of rotatable bonds is 4. The van der Waals surface area contributed by atoms with E-state index in [2.05, 4.69) is 42.1 Å². The minimum absolute atomic E-state index is 0.253. The number of aromatic nitrogens is 4. The predicted molar refractivity (Wildman–Crippen MR) is 121 cm³/mol. The van der Waals surface area contributed by atoms with E-state index in [-0.39, 0.29) is 11.7 Å². The van der Waals surface area contributed by atoms with Gasteiger partial charge in [0.15, 0.2) is 0 Å². The molecule has 0 aliphatic carbocycles. The Morgan fingerprint density at radius 1 is 1.06 bits per heavy atom. The third kappa shape index (κ3) is 4.34. The van der Waals surface area contributed by atoms with Crippen LogP contribution in [0.3, 0.4) is 0 Å². The molecule has 2 radical (unpaired) electrons. The van der Waals surface area contributed by atoms with Crippen molar-refractivity contribution in [1.82, 2.24) is 30.4 Å². The molecule has 4 heterocycles. The number of benzene rings is 1. The van der Waals surface area contributed by atoms with Gasteiger partial charge in [-0.25, -0.2) is 4.39 Å². The molecule has 0 unspecified atom stereocenters. The number of hydrogen-bond donors (Lipinski definition) is 1. The molecule has 0 atom stereocenters. The molecule has 8 nitrogen and oxygen atoms in total. The average molecular weight is 509 g/mol. The Hall–Kier alpha value is -2.94. The van der Waals surface area contributed by atoms with E-state index < -0.39 is 0 Å². The Labute approximate surface area is 196 Å². The van der Waals surface area contributed by atoms with Crippen LogP contribution < -0.4 is 14.9 Å². The van der Waals surface area contributed by atoms with Crippen LogP contribution in [0.25, 0.3) is 20.9 Å². The summed E-state index contributed by atoms with van der Waals surface area (Å²) < 4.78 is 13.7. The van der Waals surface area contributed by atoms with Gasteiger partial charge in [0.2, 0.25) is 0 Å². The normalized spacial score (nSPS) is 14.6. The SMILES string of the molecule is O=C(NN1CCN(c2nc([As])nc3sc(-c4cccnc4)nc23)CC1)c1ccc(F)cc1. The molecule has 1 amide bonds. The maximum atomic E-state index is 13.1. The van der Waals surface area contributed by atoms with Crippen LogP contribution in [-0.4, -0.2) is 73.9 Å². The number of carbonyl (C=O) groups excluding carboxylic acids is 1. The van der Waals surface area contributed by atoms with Crippen molar-refractivity contribution in [2.45, 2.75) is 0 Å². The van der Waals surface area contributed by atoms with E-state index in [0.717, 1.165) is 26.7 Å². The monoisotopic (exact) mass is 509 g/mol. The Kier molecular flexibility index (Phi) is 5.82. The van der Waals surface area contributed by atoms with Gasteiger partial charge < -0.3 is 0 Å². The van der Waals surface area contributed by atoms with E-state index in [1.165, 1.54) is 35.6 Å². The van der Waals surface area contributed by atoms with Gasteiger partial charge in [-0.1, -0.05) is 0 Å². The molecule has 32 heavy (non-hydrogen) atoms. The molecule has 11 heteroatoms. The summed E-state index contributed by atoms with van der Waals surface area (Å²) in [5.41, 5.74) is 5.03. The first-order valence-corrected chi connectivity index (χ1v) is 11.7. The molecule has 1 aromatic carbocycles. The summed E-state index contributed by atoms with van der Waals surface area (Å²) in [5, 5.41) is 2.72. The second-order valence-corrected chi connectivity index (χ2v) is 9.00. The fraction of sp³-hybridized carbons (Fsp3) is 0.190. The van der Waals surface area contributed by atoms with E-state index in [4.69, 9.17) is 4.98 Å². The van der Waals surface area contributed by atoms with Gasteiger partial charge in [0, 0.05) is 0 Å². The number of amides is 1. The standard InChI is InChI=1S/C21H17AsFN7OS/c22-21-26-17(16-20(27-21)32-19(25-16)14-2-1-7-24-12-14)29-8-10-30(11-9-29)28-18(31)13-3-5-15(23)6-4-13/h1-7,12H,8-11H2,(H,28,31). The second-order valence-electron chi connectivity index (χ2n) is 7.18. The van der Waals surface area contributed by atoms with Gasteiger partial charge in [-0.15, -0.1) is 0 Å². The first-order chi connectivity index (χ1) is 15.6. The van der Waals surface area contributed by atoms with Crippen molar-refractivity contribution in [2.75, 3.05) is 31.1 Å². The molecular weight excluding hydrogens is 492 g/mol. The van der Waals surface area contributed by atoms with Gasteiger partial charge in [-0.2, -0.15) is 0 Å². The number of hydrogen-bond acceptors (Lipinski definition) is 8. The average Bonchev–Trinajstić information content (AvgIpc) is 3.24. The quantitative estimate of drug-likeness (QED) is 0.418. The number of fused-ring (bicyclic) bond motifs is 1. The summed E-state index contributed by atoms with van der Waals surface area (Å²) >= 11 is 3.91. The van der Waals surface area contributed by atoms with Crippen LogP contribution in [0.1, 0.15) is 10.4 Å². The number of nitrogens with one attached hydrogen (secondary N) is 1. The van der Waals surface area contributed by atoms with E-state index in [9.17, 15) is 9.18 Å². The minimum atomic E-state index is -0.367. The second kappa shape index (κ2) is 8.89. The van der Waals surface area contributed by atoms with Gasteiger partial charge in [-0.3, -0.25) is 0 Å². The molecule has 3 aromatic heterocycles. The van der Waals surface area contributed by atoms with Gasteiger partial charge in [0.25, 0.3) is 0 Å². The summed E-state index contributed by atoms with van der Waals surface area (Å²) in [7, 11) is 0. The van der Waals surface area contributed by atoms with Crippen LogP contribution in [-0.2, 0) is 0 Å². The zero-order chi connectivity index (χ0) is 22.1. The Morgan fingerprint density at radius 2 is 1.84 bits per heavy atom. The molecule has 5 rings (SSSR count). The number of anilines is 1. The molecule has 0 saturated carbocycles. The van der Waals surface area contributed by atoms with E-state index in [0.29, 0.717) is 36.4 Å². The number of hydrazine groups is 1. The third-order valence-corrected chi connectivity index (χ3v) is 6.50. The maximum absolute atomic E-state index is 13.1. The van der Waals surface area contributed by atoms with E-state index in [1.54, 1.807) is 12.4 Å². The number of nitrogens with zero attached hydrogens (tertiary/aromatic N) is 6. The van der Waals surface area contributed by atoms with E-state index in [1.807, 2.05) is 17.1 Å². The summed E-state index contributed by atoms with van der Waals surface area (Å²) in [4.78, 5) is 33.6. The molecule has 0 bridgehead atoms. The van der Waals surface area contributed by atoms with Crippen LogP contribution in [0, 0.1) is 5.82 Å². The van der Waals surface area contributed by atoms with Crippen molar-refractivity contribution in [3.63, 3.8) is 0 Å². The molecular formula is C21H17AsFN7OS. The van der Waals surface area contributed by atoms with Crippen LogP contribution in [0.4, 0.5) is 10.2 Å². The van der Waals surface area contributed by atoms with Crippen molar-refractivity contribution >= 4 is 54.9 Å². The summed E-state index contributed by atoms with van der Waals surface area (Å²) in [6.45, 7) is 2.57. The van der Waals surface area contributed by atoms with Crippen molar-refractivity contribution in [2.24, 2.45) is 0 Å². The zero-order valence-corrected chi connectivity index (χ0v) is 19.5. The molecule has 1 N–H and O–H groups in total. The Balaban J connectivity index is 1.32. The van der Waals surface area contributed by atoms with Crippen molar-refractivity contribution in [3.8, 4) is 10.6 Å². The van der Waals surface area contributed by atoms with Gasteiger partial charge in [-0.05, 0) is 0 Å². The fourth-order valence-electron chi connectivity index (χ4n) is 3.47. The first-order valence-electron chi connectivity index (χ1n) is 9.91. The fourth-order valence-corrected chi connectivity index (χ4v) is 4.95. The van der Waals surface area contributed by atoms with Crippen LogP contribution in [0.5, 0.6) is 0 Å². The number of halogens is 1. The predicted octanol–water partition coefficient (Wildman–Crippen LogP) is 1.55. The van der Waals surface area contributed by atoms with Gasteiger partial charge in [0.05, 0.1) is 0 Å². The van der Waals surface area contributed by atoms with Crippen molar-refractivity contribution in [3.05, 3.63) is 60.2 Å². The molecule has 1 fully saturated rings. The zero-order valence-electron chi connectivity index (χ0n) is 16.8. The number of piperazine rings is 1. The summed E-state index contributed by atoms with van der Waals surface area (Å²) in [5.74, 6) is 0.173. The summed E-state index contributed by atoms with van der Waals surface area (Å²) in [6, 6.07) is 9.37. The molecule has 0 spiro atoms. The summed E-state index contributed by atoms with van der Waals surface area (Å²) in [6.07, 6.45) is 3.52. The van der Waals surface area contributed by atoms with Gasteiger partial charge in [0.1, 0.15) is 5.82 Å². The van der Waals surface area contributed by atoms with Crippen molar-refractivity contribution in [1.29, 1.82) is 0 Å². The van der Waals surface area contributed by atoms with Crippen LogP contribution in [0.2, 0.25) is 0 Å². The molecule has 4 aromatic rings. The van der Waals surface area contributed by atoms with Crippen LogP contribution >= 0.6 is 11.3 Å². The molecule has 160 valence electrons. The topological polar surface area (TPSA) is 87.1 Å². The van der Waals surface area contributed by atoms with E-state index >= 15 is 0 Å². The molecule has 1 saturated heterocycles.